The van der Waals surface area contributed by atoms with Gasteiger partial charge >= 0.3 is 6.18 Å². The highest BCUT2D eigenvalue weighted by Gasteiger charge is 2.48. The summed E-state index contributed by atoms with van der Waals surface area (Å²) in [7, 11) is 3.57. The van der Waals surface area contributed by atoms with Crippen LogP contribution in [0, 0.1) is 0 Å². The van der Waals surface area contributed by atoms with Gasteiger partial charge in [0.2, 0.25) is 0 Å². The van der Waals surface area contributed by atoms with E-state index in [2.05, 4.69) is 25.0 Å². The normalized spacial score (nSPS) is 21.7. The monoisotopic (exact) mass is 581 g/mol. The molecule has 6 rings (SSSR count). The lowest BCUT2D eigenvalue weighted by molar-refractivity contribution is -0.137. The average Bonchev–Trinajstić information content (AvgIpc) is 3.62. The number of nitrogens with two attached hydrogens (primary N) is 1. The summed E-state index contributed by atoms with van der Waals surface area (Å²) in [5, 5.41) is 5.59. The maximum Gasteiger partial charge on any atom is 0.416 e. The van der Waals surface area contributed by atoms with E-state index in [1.54, 1.807) is 30.0 Å². The molecule has 4 aromatic rings. The zero-order valence-corrected chi connectivity index (χ0v) is 23.6. The van der Waals surface area contributed by atoms with E-state index >= 15 is 0 Å². The molecule has 3 aromatic heterocycles. The Balaban J connectivity index is 1.10. The Hall–Kier alpha value is -3.81. The number of nitrogens with zero attached hydrogens (tertiary/aromatic N) is 7. The van der Waals surface area contributed by atoms with Crippen LogP contribution in [0.1, 0.15) is 34.3 Å². The molecule has 13 heteroatoms. The van der Waals surface area contributed by atoms with Crippen LogP contribution >= 0.6 is 0 Å². The molecule has 42 heavy (non-hydrogen) atoms. The summed E-state index contributed by atoms with van der Waals surface area (Å²) in [6.45, 7) is 2.97. The molecular weight excluding hydrogens is 547 g/mol. The number of halogens is 3. The number of aromatic amines is 1. The summed E-state index contributed by atoms with van der Waals surface area (Å²) in [5.41, 5.74) is 8.20. The second-order valence-electron chi connectivity index (χ2n) is 11.6. The molecule has 1 aromatic carbocycles. The predicted molar refractivity (Wildman–Crippen MR) is 151 cm³/mol. The molecule has 0 spiro atoms. The Morgan fingerprint density at radius 2 is 1.90 bits per heavy atom. The Morgan fingerprint density at radius 1 is 1.14 bits per heavy atom. The van der Waals surface area contributed by atoms with Gasteiger partial charge < -0.3 is 20.5 Å². The lowest BCUT2D eigenvalue weighted by Crippen LogP contribution is -2.62. The standard InChI is InChI=1S/C29H34F3N9O/c1-38(2)15-19-9-20(11-22(10-19)29(30,31)32)27(42)40-7-5-39(6-8-40)23-12-28(13-23,17-33)41-16-21(14-37-41)25-24-3-4-34-26(24)36-18-35-25/h3-4,9-11,14,16,18,23H,5-8,12-13,15,17,33H2,1-2H3,(H,34,35,36). The quantitative estimate of drug-likeness (QED) is 0.345. The fraction of sp³-hybridized carbons (Fsp3) is 0.448. The van der Waals surface area contributed by atoms with Gasteiger partial charge in [0.05, 0.1) is 23.0 Å². The van der Waals surface area contributed by atoms with Crippen molar-refractivity contribution in [1.82, 2.24) is 39.4 Å². The van der Waals surface area contributed by atoms with Gasteiger partial charge in [-0.1, -0.05) is 0 Å². The van der Waals surface area contributed by atoms with Crippen molar-refractivity contribution < 1.29 is 18.0 Å². The van der Waals surface area contributed by atoms with Crippen molar-refractivity contribution in [3.8, 4) is 11.3 Å². The summed E-state index contributed by atoms with van der Waals surface area (Å²) in [4.78, 5) is 30.9. The lowest BCUT2D eigenvalue weighted by Gasteiger charge is -2.53. The molecule has 0 atom stereocenters. The van der Waals surface area contributed by atoms with E-state index in [1.807, 2.05) is 29.3 Å². The molecule has 1 aliphatic heterocycles. The number of carbonyl (C=O) groups is 1. The van der Waals surface area contributed by atoms with Gasteiger partial charge in [0.1, 0.15) is 12.0 Å². The number of amides is 1. The maximum atomic E-state index is 13.6. The molecule has 1 saturated carbocycles. The number of piperazine rings is 1. The summed E-state index contributed by atoms with van der Waals surface area (Å²) < 4.78 is 42.6. The molecule has 2 fully saturated rings. The number of aromatic nitrogens is 5. The smallest absolute Gasteiger partial charge is 0.346 e. The SMILES string of the molecule is CN(C)Cc1cc(C(=O)N2CCN(C3CC(CN)(n4cc(-c5ncnc6[nH]ccc56)cn4)C3)CC2)cc(C(F)(F)F)c1. The number of H-pyrrole nitrogens is 1. The maximum absolute atomic E-state index is 13.6. The van der Waals surface area contributed by atoms with E-state index in [4.69, 9.17) is 5.73 Å². The Bertz CT molecular complexity index is 1580. The number of alkyl halides is 3. The van der Waals surface area contributed by atoms with Crippen molar-refractivity contribution in [3.63, 3.8) is 0 Å². The van der Waals surface area contributed by atoms with Crippen molar-refractivity contribution in [1.29, 1.82) is 0 Å². The number of nitrogens with one attached hydrogen (secondary N) is 1. The first-order chi connectivity index (χ1) is 20.1. The van der Waals surface area contributed by atoms with Crippen LogP contribution in [0.25, 0.3) is 22.3 Å². The van der Waals surface area contributed by atoms with Gasteiger partial charge in [-0.15, -0.1) is 0 Å². The zero-order chi connectivity index (χ0) is 29.6. The van der Waals surface area contributed by atoms with Gasteiger partial charge in [0.25, 0.3) is 5.91 Å². The summed E-state index contributed by atoms with van der Waals surface area (Å²) >= 11 is 0. The number of rotatable bonds is 7. The minimum atomic E-state index is -4.52. The van der Waals surface area contributed by atoms with Gasteiger partial charge in [0, 0.05) is 74.2 Å². The highest BCUT2D eigenvalue weighted by molar-refractivity contribution is 5.94. The molecule has 0 bridgehead atoms. The van der Waals surface area contributed by atoms with Crippen molar-refractivity contribution >= 4 is 16.9 Å². The van der Waals surface area contributed by atoms with Gasteiger partial charge in [-0.3, -0.25) is 14.4 Å². The molecule has 2 aliphatic rings. The molecular formula is C29H34F3N9O. The van der Waals surface area contributed by atoms with Gasteiger partial charge in [0.15, 0.2) is 0 Å². The Labute approximate surface area is 241 Å². The second kappa shape index (κ2) is 10.8. The van der Waals surface area contributed by atoms with Crippen molar-refractivity contribution in [2.24, 2.45) is 5.73 Å². The van der Waals surface area contributed by atoms with Gasteiger partial charge in [-0.2, -0.15) is 18.3 Å². The van der Waals surface area contributed by atoms with Crippen LogP contribution in [0.4, 0.5) is 13.2 Å². The van der Waals surface area contributed by atoms with E-state index in [0.29, 0.717) is 44.8 Å². The molecule has 1 saturated heterocycles. The van der Waals surface area contributed by atoms with E-state index in [0.717, 1.165) is 47.3 Å². The molecule has 0 radical (unpaired) electrons. The molecule has 222 valence electrons. The summed E-state index contributed by atoms with van der Waals surface area (Å²) in [6, 6.07) is 5.89. The lowest BCUT2D eigenvalue weighted by atomic mass is 9.71. The largest absolute Gasteiger partial charge is 0.416 e. The second-order valence-corrected chi connectivity index (χ2v) is 11.6. The Morgan fingerprint density at radius 3 is 2.60 bits per heavy atom. The number of hydrogen-bond donors (Lipinski definition) is 2. The highest BCUT2D eigenvalue weighted by atomic mass is 19.4. The number of carbonyl (C=O) groups excluding carboxylic acids is 1. The molecule has 1 aliphatic carbocycles. The Kier molecular flexibility index (Phi) is 7.27. The molecule has 0 unspecified atom stereocenters. The van der Waals surface area contributed by atoms with Crippen LogP contribution in [0.15, 0.2) is 49.2 Å². The topological polar surface area (TPSA) is 112 Å². The third-order valence-electron chi connectivity index (χ3n) is 8.49. The van der Waals surface area contributed by atoms with E-state index < -0.39 is 11.7 Å². The van der Waals surface area contributed by atoms with Crippen molar-refractivity contribution in [3.05, 3.63) is 65.9 Å². The molecule has 3 N–H and O–H groups in total. The molecule has 10 nitrogen and oxygen atoms in total. The van der Waals surface area contributed by atoms with Gasteiger partial charge in [-0.05, 0) is 56.8 Å². The third-order valence-corrected chi connectivity index (χ3v) is 8.49. The predicted octanol–water partition coefficient (Wildman–Crippen LogP) is 3.18. The molecule has 4 heterocycles. The van der Waals surface area contributed by atoms with Crippen LogP contribution < -0.4 is 5.73 Å². The van der Waals surface area contributed by atoms with Crippen LogP contribution in [-0.2, 0) is 18.3 Å². The van der Waals surface area contributed by atoms with Gasteiger partial charge in [-0.25, -0.2) is 9.97 Å². The highest BCUT2D eigenvalue weighted by Crippen LogP contribution is 2.42. The zero-order valence-electron chi connectivity index (χ0n) is 23.6. The van der Waals surface area contributed by atoms with Crippen molar-refractivity contribution in [2.45, 2.75) is 37.1 Å². The summed E-state index contributed by atoms with van der Waals surface area (Å²) in [5.74, 6) is -0.365. The first kappa shape index (κ1) is 28.3. The van der Waals surface area contributed by atoms with Crippen molar-refractivity contribution in [2.75, 3.05) is 46.8 Å². The van der Waals surface area contributed by atoms with E-state index in [-0.39, 0.29) is 23.1 Å². The number of benzene rings is 1. The van der Waals surface area contributed by atoms with E-state index in [1.165, 1.54) is 6.33 Å². The summed E-state index contributed by atoms with van der Waals surface area (Å²) in [6.07, 6.45) is 4.29. The number of fused-ring (bicyclic) bond motifs is 1. The fourth-order valence-corrected chi connectivity index (χ4v) is 6.24. The third kappa shape index (κ3) is 5.27. The number of hydrogen-bond acceptors (Lipinski definition) is 7. The van der Waals surface area contributed by atoms with Crippen LogP contribution in [0.5, 0.6) is 0 Å². The first-order valence-corrected chi connectivity index (χ1v) is 14.0. The van der Waals surface area contributed by atoms with Crippen LogP contribution in [0.3, 0.4) is 0 Å². The van der Waals surface area contributed by atoms with Crippen LogP contribution in [-0.4, -0.2) is 98.2 Å². The van der Waals surface area contributed by atoms with Crippen LogP contribution in [0.2, 0.25) is 0 Å². The fourth-order valence-electron chi connectivity index (χ4n) is 6.24. The minimum Gasteiger partial charge on any atom is -0.346 e. The first-order valence-electron chi connectivity index (χ1n) is 14.0. The molecule has 1 amide bonds. The average molecular weight is 582 g/mol. The minimum absolute atomic E-state index is 0.0796. The van der Waals surface area contributed by atoms with E-state index in [9.17, 15) is 18.0 Å².